The fraction of sp³-hybridized carbons (Fsp3) is 0.417. The third kappa shape index (κ3) is 2.89. The van der Waals surface area contributed by atoms with E-state index >= 15 is 0 Å². The van der Waals surface area contributed by atoms with Crippen molar-refractivity contribution >= 4 is 22.9 Å². The molecule has 0 fully saturated rings. The van der Waals surface area contributed by atoms with Crippen molar-refractivity contribution in [2.45, 2.75) is 26.3 Å². The van der Waals surface area contributed by atoms with Crippen molar-refractivity contribution in [2.75, 3.05) is 6.54 Å². The van der Waals surface area contributed by atoms with Gasteiger partial charge in [0.1, 0.15) is 0 Å². The normalized spacial score (nSPS) is 12.9. The molecule has 0 aliphatic carbocycles. The molecule has 0 saturated heterocycles. The van der Waals surface area contributed by atoms with Gasteiger partial charge in [-0.15, -0.1) is 11.3 Å². The summed E-state index contributed by atoms with van der Waals surface area (Å²) in [6, 6.07) is 1.99. The van der Waals surface area contributed by atoms with Gasteiger partial charge in [0.2, 0.25) is 5.89 Å². The van der Waals surface area contributed by atoms with Gasteiger partial charge >= 0.3 is 0 Å². The first-order valence-corrected chi connectivity index (χ1v) is 6.90. The molecule has 2 aromatic rings. The van der Waals surface area contributed by atoms with Gasteiger partial charge in [-0.05, 0) is 31.3 Å². The second-order valence-electron chi connectivity index (χ2n) is 3.84. The SMILES string of the molecule is CCCNC(C)c1ncc(-c2sccc2Cl)o1. The number of nitrogens with zero attached hydrogens (tertiary/aromatic N) is 1. The van der Waals surface area contributed by atoms with E-state index in [1.165, 1.54) is 0 Å². The molecule has 0 bridgehead atoms. The largest absolute Gasteiger partial charge is 0.438 e. The lowest BCUT2D eigenvalue weighted by atomic mass is 10.3. The highest BCUT2D eigenvalue weighted by molar-refractivity contribution is 7.14. The van der Waals surface area contributed by atoms with Crippen LogP contribution in [0.5, 0.6) is 0 Å². The highest BCUT2D eigenvalue weighted by atomic mass is 35.5. The minimum atomic E-state index is 0.127. The monoisotopic (exact) mass is 270 g/mol. The third-order valence-corrected chi connectivity index (χ3v) is 3.79. The molecule has 5 heteroatoms. The lowest BCUT2D eigenvalue weighted by molar-refractivity contribution is 0.423. The lowest BCUT2D eigenvalue weighted by Gasteiger charge is -2.08. The van der Waals surface area contributed by atoms with Crippen molar-refractivity contribution in [1.82, 2.24) is 10.3 Å². The lowest BCUT2D eigenvalue weighted by Crippen LogP contribution is -2.19. The smallest absolute Gasteiger partial charge is 0.211 e. The number of oxazole rings is 1. The van der Waals surface area contributed by atoms with Crippen LogP contribution in [0.2, 0.25) is 5.02 Å². The van der Waals surface area contributed by atoms with Gasteiger partial charge in [-0.25, -0.2) is 4.98 Å². The van der Waals surface area contributed by atoms with Crippen LogP contribution in [0.15, 0.2) is 22.1 Å². The van der Waals surface area contributed by atoms with Gasteiger partial charge in [-0.3, -0.25) is 0 Å². The first kappa shape index (κ1) is 12.6. The zero-order valence-corrected chi connectivity index (χ0v) is 11.4. The molecule has 0 saturated carbocycles. The summed E-state index contributed by atoms with van der Waals surface area (Å²) in [7, 11) is 0. The molecule has 1 unspecified atom stereocenters. The van der Waals surface area contributed by atoms with Crippen LogP contribution in [0.1, 0.15) is 32.2 Å². The standard InChI is InChI=1S/C12H15ClN2OS/c1-3-5-14-8(2)12-15-7-10(16-12)11-9(13)4-6-17-11/h4,6-8,14H,3,5H2,1-2H3. The third-order valence-electron chi connectivity index (χ3n) is 2.44. The Morgan fingerprint density at radius 1 is 1.59 bits per heavy atom. The number of thiophene rings is 1. The fourth-order valence-electron chi connectivity index (χ4n) is 1.51. The topological polar surface area (TPSA) is 38.1 Å². The number of halogens is 1. The van der Waals surface area contributed by atoms with E-state index in [1.807, 2.05) is 18.4 Å². The van der Waals surface area contributed by atoms with Crippen molar-refractivity contribution < 1.29 is 4.42 Å². The van der Waals surface area contributed by atoms with Gasteiger partial charge in [0.15, 0.2) is 5.76 Å². The molecule has 3 nitrogen and oxygen atoms in total. The minimum absolute atomic E-state index is 0.127. The summed E-state index contributed by atoms with van der Waals surface area (Å²) in [4.78, 5) is 5.22. The maximum absolute atomic E-state index is 6.05. The Kier molecular flexibility index (Phi) is 4.20. The van der Waals surface area contributed by atoms with Crippen LogP contribution in [0.25, 0.3) is 10.6 Å². The van der Waals surface area contributed by atoms with Crippen LogP contribution >= 0.6 is 22.9 Å². The summed E-state index contributed by atoms with van der Waals surface area (Å²) in [5.74, 6) is 1.45. The van der Waals surface area contributed by atoms with Gasteiger partial charge in [-0.1, -0.05) is 18.5 Å². The fourth-order valence-corrected chi connectivity index (χ4v) is 2.61. The molecule has 0 aliphatic rings. The quantitative estimate of drug-likeness (QED) is 0.888. The van der Waals surface area contributed by atoms with Crippen LogP contribution in [-0.2, 0) is 0 Å². The Labute approximate surface area is 110 Å². The molecule has 2 heterocycles. The molecule has 1 atom stereocenters. The van der Waals surface area contributed by atoms with Crippen LogP contribution in [-0.4, -0.2) is 11.5 Å². The molecule has 0 radical (unpaired) electrons. The van der Waals surface area contributed by atoms with Crippen LogP contribution in [0, 0.1) is 0 Å². The first-order chi connectivity index (χ1) is 8.22. The van der Waals surface area contributed by atoms with E-state index in [0.717, 1.165) is 23.6 Å². The van der Waals surface area contributed by atoms with Crippen molar-refractivity contribution in [3.63, 3.8) is 0 Å². The second-order valence-corrected chi connectivity index (χ2v) is 5.16. The number of hydrogen-bond acceptors (Lipinski definition) is 4. The predicted octanol–water partition coefficient (Wildman–Crippen LogP) is 4.12. The molecule has 0 spiro atoms. The van der Waals surface area contributed by atoms with Crippen LogP contribution < -0.4 is 5.32 Å². The van der Waals surface area contributed by atoms with Gasteiger partial charge in [0.25, 0.3) is 0 Å². The number of aromatic nitrogens is 1. The molecule has 2 rings (SSSR count). The Bertz CT molecular complexity index is 480. The molecule has 0 amide bonds. The number of nitrogens with one attached hydrogen (secondary N) is 1. The summed E-state index contributed by atoms with van der Waals surface area (Å²) >= 11 is 7.61. The Hall–Kier alpha value is -0.840. The molecule has 2 aromatic heterocycles. The highest BCUT2D eigenvalue weighted by Gasteiger charge is 2.14. The predicted molar refractivity (Wildman–Crippen MR) is 71.5 cm³/mol. The molecular weight excluding hydrogens is 256 g/mol. The van der Waals surface area contributed by atoms with Gasteiger partial charge in [-0.2, -0.15) is 0 Å². The summed E-state index contributed by atoms with van der Waals surface area (Å²) in [5.41, 5.74) is 0. The van der Waals surface area contributed by atoms with Crippen LogP contribution in [0.3, 0.4) is 0 Å². The molecular formula is C12H15ClN2OS. The molecule has 0 aromatic carbocycles. The summed E-state index contributed by atoms with van der Waals surface area (Å²) in [5, 5.41) is 5.99. The van der Waals surface area contributed by atoms with Gasteiger partial charge in [0, 0.05) is 0 Å². The van der Waals surface area contributed by atoms with E-state index < -0.39 is 0 Å². The van der Waals surface area contributed by atoms with Gasteiger partial charge < -0.3 is 9.73 Å². The zero-order chi connectivity index (χ0) is 12.3. The summed E-state index contributed by atoms with van der Waals surface area (Å²) < 4.78 is 5.72. The maximum Gasteiger partial charge on any atom is 0.211 e. The highest BCUT2D eigenvalue weighted by Crippen LogP contribution is 2.34. The van der Waals surface area contributed by atoms with Crippen molar-refractivity contribution in [3.8, 4) is 10.6 Å². The van der Waals surface area contributed by atoms with Crippen LogP contribution in [0.4, 0.5) is 0 Å². The van der Waals surface area contributed by atoms with E-state index in [2.05, 4.69) is 17.2 Å². The van der Waals surface area contributed by atoms with E-state index in [9.17, 15) is 0 Å². The molecule has 0 aliphatic heterocycles. The second kappa shape index (κ2) is 5.67. The van der Waals surface area contributed by atoms with Crippen molar-refractivity contribution in [2.24, 2.45) is 0 Å². The average molecular weight is 271 g/mol. The summed E-state index contributed by atoms with van der Waals surface area (Å²) in [6.45, 7) is 5.13. The van der Waals surface area contributed by atoms with Crippen molar-refractivity contribution in [3.05, 3.63) is 28.6 Å². The van der Waals surface area contributed by atoms with E-state index in [-0.39, 0.29) is 6.04 Å². The Balaban J connectivity index is 2.13. The first-order valence-electron chi connectivity index (χ1n) is 5.64. The number of hydrogen-bond donors (Lipinski definition) is 1. The average Bonchev–Trinajstić information content (AvgIpc) is 2.93. The summed E-state index contributed by atoms with van der Waals surface area (Å²) in [6.07, 6.45) is 2.83. The van der Waals surface area contributed by atoms with E-state index in [4.69, 9.17) is 16.0 Å². The molecule has 17 heavy (non-hydrogen) atoms. The van der Waals surface area contributed by atoms with E-state index in [0.29, 0.717) is 10.9 Å². The minimum Gasteiger partial charge on any atom is -0.438 e. The van der Waals surface area contributed by atoms with E-state index in [1.54, 1.807) is 17.5 Å². The molecule has 92 valence electrons. The van der Waals surface area contributed by atoms with Crippen molar-refractivity contribution in [1.29, 1.82) is 0 Å². The maximum atomic E-state index is 6.05. The number of rotatable bonds is 5. The Morgan fingerprint density at radius 3 is 3.06 bits per heavy atom. The Morgan fingerprint density at radius 2 is 2.41 bits per heavy atom. The van der Waals surface area contributed by atoms with Gasteiger partial charge in [0.05, 0.1) is 22.1 Å². The molecule has 1 N–H and O–H groups in total. The zero-order valence-electron chi connectivity index (χ0n) is 9.87.